The molecular weight excluding hydrogens is 412 g/mol. The van der Waals surface area contributed by atoms with E-state index < -0.39 is 5.60 Å². The quantitative estimate of drug-likeness (QED) is 0.717. The molecule has 1 aliphatic carbocycles. The van der Waals surface area contributed by atoms with Gasteiger partial charge in [0.15, 0.2) is 0 Å². The summed E-state index contributed by atoms with van der Waals surface area (Å²) in [5.74, 6) is 1.26. The molecule has 0 unspecified atom stereocenters. The molecule has 4 heterocycles. The number of anilines is 1. The number of aromatic amines is 1. The SMILES string of the molecule is C[C@@H]1CC2(CCN(C(=O)OC(C)(C)C)CC2)c2c1nc1nc(N3CCOCC3)[nH]n1c2=O. The molecule has 1 atom stereocenters. The van der Waals surface area contributed by atoms with Gasteiger partial charge in [0.1, 0.15) is 5.60 Å². The maximum Gasteiger partial charge on any atom is 0.410 e. The summed E-state index contributed by atoms with van der Waals surface area (Å²) in [4.78, 5) is 39.4. The molecule has 0 radical (unpaired) electrons. The Bertz CT molecular complexity index is 1090. The topological polar surface area (TPSA) is 105 Å². The van der Waals surface area contributed by atoms with E-state index in [1.165, 1.54) is 4.52 Å². The van der Waals surface area contributed by atoms with Crippen LogP contribution in [0.1, 0.15) is 64.1 Å². The van der Waals surface area contributed by atoms with Crippen LogP contribution in [0.25, 0.3) is 5.78 Å². The number of hydrogen-bond acceptors (Lipinski definition) is 7. The lowest BCUT2D eigenvalue weighted by Crippen LogP contribution is -2.47. The molecule has 0 bridgehead atoms. The first-order chi connectivity index (χ1) is 15.2. The molecule has 1 N–H and O–H groups in total. The number of morpholine rings is 1. The molecule has 10 nitrogen and oxygen atoms in total. The van der Waals surface area contributed by atoms with Gasteiger partial charge >= 0.3 is 6.09 Å². The van der Waals surface area contributed by atoms with Crippen LogP contribution in [0.4, 0.5) is 10.7 Å². The predicted octanol–water partition coefficient (Wildman–Crippen LogP) is 2.03. The maximum atomic E-state index is 13.6. The number of ether oxygens (including phenoxy) is 2. The highest BCUT2D eigenvalue weighted by atomic mass is 16.6. The van der Waals surface area contributed by atoms with Gasteiger partial charge < -0.3 is 19.3 Å². The highest BCUT2D eigenvalue weighted by Gasteiger charge is 2.48. The fourth-order valence-corrected chi connectivity index (χ4v) is 5.38. The third-order valence-corrected chi connectivity index (χ3v) is 6.89. The number of carbonyl (C=O) groups is 1. The molecule has 5 rings (SSSR count). The first kappa shape index (κ1) is 21.2. The van der Waals surface area contributed by atoms with Gasteiger partial charge in [-0.15, -0.1) is 0 Å². The molecule has 0 saturated carbocycles. The van der Waals surface area contributed by atoms with Crippen molar-refractivity contribution in [2.24, 2.45) is 0 Å². The number of piperidine rings is 1. The van der Waals surface area contributed by atoms with Crippen LogP contribution in [0, 0.1) is 0 Å². The molecule has 10 heteroatoms. The molecule has 2 aromatic rings. The Hall–Kier alpha value is -2.62. The number of amides is 1. The van der Waals surface area contributed by atoms with E-state index >= 15 is 0 Å². The minimum atomic E-state index is -0.520. The van der Waals surface area contributed by atoms with Gasteiger partial charge in [0, 0.05) is 37.2 Å². The van der Waals surface area contributed by atoms with Crippen molar-refractivity contribution in [3.8, 4) is 0 Å². The first-order valence-electron chi connectivity index (χ1n) is 11.5. The van der Waals surface area contributed by atoms with Gasteiger partial charge in [0.05, 0.1) is 18.9 Å². The normalized spacial score (nSPS) is 23.1. The van der Waals surface area contributed by atoms with Gasteiger partial charge in [0.25, 0.3) is 11.3 Å². The van der Waals surface area contributed by atoms with Crippen LogP contribution >= 0.6 is 0 Å². The number of likely N-dealkylation sites (tertiary alicyclic amines) is 1. The van der Waals surface area contributed by atoms with Gasteiger partial charge in [0.2, 0.25) is 5.95 Å². The van der Waals surface area contributed by atoms with E-state index in [0.29, 0.717) is 38.0 Å². The van der Waals surface area contributed by atoms with Crippen LogP contribution in [-0.4, -0.2) is 75.6 Å². The number of carbonyl (C=O) groups excluding carboxylic acids is 1. The zero-order valence-corrected chi connectivity index (χ0v) is 19.3. The van der Waals surface area contributed by atoms with Crippen molar-refractivity contribution in [3.63, 3.8) is 0 Å². The zero-order valence-electron chi connectivity index (χ0n) is 19.3. The van der Waals surface area contributed by atoms with E-state index in [9.17, 15) is 9.59 Å². The van der Waals surface area contributed by atoms with Crippen molar-refractivity contribution in [1.82, 2.24) is 24.5 Å². The van der Waals surface area contributed by atoms with Crippen LogP contribution in [0.2, 0.25) is 0 Å². The Morgan fingerprint density at radius 2 is 1.84 bits per heavy atom. The summed E-state index contributed by atoms with van der Waals surface area (Å²) in [5, 5.41) is 3.17. The van der Waals surface area contributed by atoms with E-state index in [0.717, 1.165) is 43.6 Å². The number of fused-ring (bicyclic) bond motifs is 3. The van der Waals surface area contributed by atoms with E-state index in [1.807, 2.05) is 20.8 Å². The average Bonchev–Trinajstić information content (AvgIpc) is 3.28. The molecule has 2 aromatic heterocycles. The van der Waals surface area contributed by atoms with Gasteiger partial charge in [-0.1, -0.05) is 6.92 Å². The molecule has 2 aliphatic heterocycles. The molecule has 174 valence electrons. The number of hydrogen-bond donors (Lipinski definition) is 1. The fraction of sp³-hybridized carbons (Fsp3) is 0.727. The summed E-state index contributed by atoms with van der Waals surface area (Å²) in [6.07, 6.45) is 2.05. The summed E-state index contributed by atoms with van der Waals surface area (Å²) < 4.78 is 12.5. The number of nitrogens with zero attached hydrogens (tertiary/aromatic N) is 5. The van der Waals surface area contributed by atoms with Gasteiger partial charge in [-0.2, -0.15) is 9.50 Å². The van der Waals surface area contributed by atoms with E-state index in [2.05, 4.69) is 21.9 Å². The molecule has 2 saturated heterocycles. The molecular formula is C22H32N6O4. The Kier molecular flexibility index (Phi) is 4.96. The van der Waals surface area contributed by atoms with Gasteiger partial charge in [-0.25, -0.2) is 9.78 Å². The molecule has 32 heavy (non-hydrogen) atoms. The summed E-state index contributed by atoms with van der Waals surface area (Å²) >= 11 is 0. The van der Waals surface area contributed by atoms with Crippen LogP contribution in [0.15, 0.2) is 4.79 Å². The number of aromatic nitrogens is 4. The summed E-state index contributed by atoms with van der Waals surface area (Å²) in [7, 11) is 0. The zero-order chi connectivity index (χ0) is 22.7. The lowest BCUT2D eigenvalue weighted by atomic mass is 9.74. The second-order valence-corrected chi connectivity index (χ2v) is 10.3. The van der Waals surface area contributed by atoms with E-state index in [-0.39, 0.29) is 23.0 Å². The molecule has 1 spiro atoms. The second kappa shape index (κ2) is 7.47. The number of H-pyrrole nitrogens is 1. The molecule has 0 aromatic carbocycles. The molecule has 2 fully saturated rings. The largest absolute Gasteiger partial charge is 0.444 e. The van der Waals surface area contributed by atoms with Crippen LogP contribution in [0.3, 0.4) is 0 Å². The monoisotopic (exact) mass is 444 g/mol. The predicted molar refractivity (Wildman–Crippen MR) is 118 cm³/mol. The first-order valence-corrected chi connectivity index (χ1v) is 11.5. The van der Waals surface area contributed by atoms with E-state index in [4.69, 9.17) is 14.5 Å². The summed E-state index contributed by atoms with van der Waals surface area (Å²) in [6.45, 7) is 11.7. The standard InChI is InChI=1S/C22H32N6O4/c1-14-13-22(5-7-27(8-6-22)20(30)32-21(2,3)4)15-16(14)23-18-24-19(25-28(18)17(15)29)26-9-11-31-12-10-26/h14H,5-13H2,1-4H3,(H,23,24,25)/t14-/m1/s1. The number of nitrogens with one attached hydrogen (secondary N) is 1. The molecule has 3 aliphatic rings. The smallest absolute Gasteiger partial charge is 0.410 e. The lowest BCUT2D eigenvalue weighted by molar-refractivity contribution is 0.0161. The van der Waals surface area contributed by atoms with Gasteiger partial charge in [-0.3, -0.25) is 9.89 Å². The van der Waals surface area contributed by atoms with Crippen molar-refractivity contribution >= 4 is 17.8 Å². The highest BCUT2D eigenvalue weighted by molar-refractivity contribution is 5.68. The Balaban J connectivity index is 1.45. The van der Waals surface area contributed by atoms with Crippen molar-refractivity contribution in [2.75, 3.05) is 44.3 Å². The third kappa shape index (κ3) is 3.54. The van der Waals surface area contributed by atoms with E-state index in [1.54, 1.807) is 4.90 Å². The van der Waals surface area contributed by atoms with Crippen molar-refractivity contribution < 1.29 is 14.3 Å². The third-order valence-electron chi connectivity index (χ3n) is 6.89. The Morgan fingerprint density at radius 3 is 2.50 bits per heavy atom. The average molecular weight is 445 g/mol. The van der Waals surface area contributed by atoms with Crippen LogP contribution < -0.4 is 10.5 Å². The minimum Gasteiger partial charge on any atom is -0.444 e. The Labute approximate surface area is 186 Å². The lowest BCUT2D eigenvalue weighted by Gasteiger charge is -2.40. The minimum absolute atomic E-state index is 0.0629. The van der Waals surface area contributed by atoms with Crippen LogP contribution in [-0.2, 0) is 14.9 Å². The second-order valence-electron chi connectivity index (χ2n) is 10.3. The highest BCUT2D eigenvalue weighted by Crippen LogP contribution is 2.49. The van der Waals surface area contributed by atoms with Gasteiger partial charge in [-0.05, 0) is 46.0 Å². The molecule has 1 amide bonds. The van der Waals surface area contributed by atoms with Crippen molar-refractivity contribution in [2.45, 2.75) is 63.9 Å². The van der Waals surface area contributed by atoms with Crippen molar-refractivity contribution in [1.29, 1.82) is 0 Å². The van der Waals surface area contributed by atoms with Crippen LogP contribution in [0.5, 0.6) is 0 Å². The number of rotatable bonds is 1. The fourth-order valence-electron chi connectivity index (χ4n) is 5.38. The summed E-state index contributed by atoms with van der Waals surface area (Å²) in [6, 6.07) is 0. The maximum absolute atomic E-state index is 13.6. The summed E-state index contributed by atoms with van der Waals surface area (Å²) in [5.41, 5.74) is 0.813. The Morgan fingerprint density at radius 1 is 1.16 bits per heavy atom. The van der Waals surface area contributed by atoms with Crippen molar-refractivity contribution in [3.05, 3.63) is 21.6 Å².